The molecule has 0 aliphatic rings. The van der Waals surface area contributed by atoms with E-state index in [4.69, 9.17) is 26.1 Å². The summed E-state index contributed by atoms with van der Waals surface area (Å²) in [5.41, 5.74) is 0.681. The number of halogens is 1. The fourth-order valence-electron chi connectivity index (χ4n) is 1.00. The van der Waals surface area contributed by atoms with Crippen molar-refractivity contribution in [2.45, 2.75) is 5.88 Å². The van der Waals surface area contributed by atoms with Gasteiger partial charge in [0.15, 0.2) is 11.5 Å². The predicted molar refractivity (Wildman–Crippen MR) is 55.2 cm³/mol. The first kappa shape index (κ1) is 12.3. The molecule has 5 nitrogen and oxygen atoms in total. The van der Waals surface area contributed by atoms with Crippen LogP contribution in [-0.2, 0) is 10.4 Å². The SMILES string of the molecule is COc1ccc(CCl)cc1OP(=O)(O)O. The lowest BCUT2D eigenvalue weighted by Gasteiger charge is -2.11. The Morgan fingerprint density at radius 1 is 1.40 bits per heavy atom. The van der Waals surface area contributed by atoms with Gasteiger partial charge in [-0.1, -0.05) is 6.07 Å². The smallest absolute Gasteiger partial charge is 0.493 e. The van der Waals surface area contributed by atoms with Gasteiger partial charge in [0.2, 0.25) is 0 Å². The largest absolute Gasteiger partial charge is 0.524 e. The molecule has 0 aromatic heterocycles. The van der Waals surface area contributed by atoms with Crippen LogP contribution in [0.2, 0.25) is 0 Å². The van der Waals surface area contributed by atoms with Gasteiger partial charge in [-0.25, -0.2) is 4.57 Å². The van der Waals surface area contributed by atoms with Crippen LogP contribution in [0.3, 0.4) is 0 Å². The maximum absolute atomic E-state index is 10.7. The second-order valence-corrected chi connectivity index (χ2v) is 4.13. The second-order valence-electron chi connectivity index (χ2n) is 2.70. The van der Waals surface area contributed by atoms with Gasteiger partial charge in [0.05, 0.1) is 7.11 Å². The van der Waals surface area contributed by atoms with Crippen molar-refractivity contribution in [2.24, 2.45) is 0 Å². The van der Waals surface area contributed by atoms with Crippen LogP contribution in [0.5, 0.6) is 11.5 Å². The minimum atomic E-state index is -4.58. The van der Waals surface area contributed by atoms with Crippen LogP contribution in [0.15, 0.2) is 18.2 Å². The molecule has 15 heavy (non-hydrogen) atoms. The summed E-state index contributed by atoms with van der Waals surface area (Å²) in [5, 5.41) is 0. The Balaban J connectivity index is 3.06. The molecule has 0 radical (unpaired) electrons. The third-order valence-corrected chi connectivity index (χ3v) is 2.34. The summed E-state index contributed by atoms with van der Waals surface area (Å²) in [4.78, 5) is 17.3. The van der Waals surface area contributed by atoms with E-state index in [1.807, 2.05) is 0 Å². The fourth-order valence-corrected chi connectivity index (χ4v) is 1.57. The van der Waals surface area contributed by atoms with E-state index >= 15 is 0 Å². The summed E-state index contributed by atoms with van der Waals surface area (Å²) in [6.45, 7) is 0. The molecule has 2 N–H and O–H groups in total. The van der Waals surface area contributed by atoms with Crippen LogP contribution < -0.4 is 9.26 Å². The van der Waals surface area contributed by atoms with Gasteiger partial charge in [0.25, 0.3) is 0 Å². The van der Waals surface area contributed by atoms with Gasteiger partial charge >= 0.3 is 7.82 Å². The Bertz CT molecular complexity index is 389. The number of alkyl halides is 1. The third kappa shape index (κ3) is 3.72. The van der Waals surface area contributed by atoms with Gasteiger partial charge in [-0.15, -0.1) is 11.6 Å². The van der Waals surface area contributed by atoms with E-state index in [0.717, 1.165) is 0 Å². The molecule has 0 fully saturated rings. The molecular weight excluding hydrogens is 243 g/mol. The lowest BCUT2D eigenvalue weighted by Crippen LogP contribution is -1.94. The Hall–Kier alpha value is -0.740. The van der Waals surface area contributed by atoms with Crippen molar-refractivity contribution >= 4 is 19.4 Å². The highest BCUT2D eigenvalue weighted by molar-refractivity contribution is 7.46. The van der Waals surface area contributed by atoms with Crippen LogP contribution in [0, 0.1) is 0 Å². The normalized spacial score (nSPS) is 11.2. The Labute approximate surface area is 91.8 Å². The van der Waals surface area contributed by atoms with Crippen molar-refractivity contribution in [1.82, 2.24) is 0 Å². The summed E-state index contributed by atoms with van der Waals surface area (Å²) in [5.74, 6) is 0.442. The van der Waals surface area contributed by atoms with Gasteiger partial charge in [0, 0.05) is 5.88 Å². The monoisotopic (exact) mass is 252 g/mol. The first-order valence-corrected chi connectivity index (χ1v) is 6.01. The van der Waals surface area contributed by atoms with E-state index in [1.54, 1.807) is 6.07 Å². The molecule has 0 saturated carbocycles. The van der Waals surface area contributed by atoms with Crippen LogP contribution in [-0.4, -0.2) is 16.9 Å². The molecule has 1 aromatic carbocycles. The van der Waals surface area contributed by atoms with Gasteiger partial charge in [-0.2, -0.15) is 0 Å². The van der Waals surface area contributed by atoms with E-state index < -0.39 is 7.82 Å². The zero-order chi connectivity index (χ0) is 11.5. The molecule has 0 atom stereocenters. The average molecular weight is 253 g/mol. The zero-order valence-electron chi connectivity index (χ0n) is 7.88. The lowest BCUT2D eigenvalue weighted by atomic mass is 10.2. The van der Waals surface area contributed by atoms with E-state index in [9.17, 15) is 4.57 Å². The van der Waals surface area contributed by atoms with Crippen molar-refractivity contribution in [2.75, 3.05) is 7.11 Å². The van der Waals surface area contributed by atoms with Crippen LogP contribution in [0.1, 0.15) is 5.56 Å². The number of benzene rings is 1. The minimum Gasteiger partial charge on any atom is -0.493 e. The molecule has 0 heterocycles. The lowest BCUT2D eigenvalue weighted by molar-refractivity contribution is 0.276. The summed E-state index contributed by atoms with van der Waals surface area (Å²) in [7, 11) is -3.20. The zero-order valence-corrected chi connectivity index (χ0v) is 9.53. The highest BCUT2D eigenvalue weighted by Gasteiger charge is 2.19. The topological polar surface area (TPSA) is 76.0 Å². The molecule has 0 spiro atoms. The molecule has 1 aromatic rings. The number of ether oxygens (including phenoxy) is 1. The maximum Gasteiger partial charge on any atom is 0.524 e. The van der Waals surface area contributed by atoms with Gasteiger partial charge < -0.3 is 9.26 Å². The Kier molecular flexibility index (Phi) is 3.99. The van der Waals surface area contributed by atoms with Gasteiger partial charge in [-0.3, -0.25) is 9.79 Å². The number of hydrogen-bond acceptors (Lipinski definition) is 3. The quantitative estimate of drug-likeness (QED) is 0.632. The fraction of sp³-hybridized carbons (Fsp3) is 0.250. The molecule has 0 amide bonds. The first-order valence-electron chi connectivity index (χ1n) is 3.94. The molecular formula is C8H10ClO5P. The van der Waals surface area contributed by atoms with Crippen molar-refractivity contribution < 1.29 is 23.6 Å². The molecule has 0 aliphatic heterocycles. The first-order chi connectivity index (χ1) is 6.96. The minimum absolute atomic E-state index is 0.0241. The molecule has 0 bridgehead atoms. The summed E-state index contributed by atoms with van der Waals surface area (Å²) < 4.78 is 20.0. The molecule has 1 rings (SSSR count). The number of phosphoric acid groups is 1. The number of rotatable bonds is 4. The van der Waals surface area contributed by atoms with E-state index in [0.29, 0.717) is 5.56 Å². The van der Waals surface area contributed by atoms with Crippen LogP contribution in [0.25, 0.3) is 0 Å². The Morgan fingerprint density at radius 3 is 2.53 bits per heavy atom. The predicted octanol–water partition coefficient (Wildman–Crippen LogP) is 1.91. The van der Waals surface area contributed by atoms with Crippen molar-refractivity contribution in [3.05, 3.63) is 23.8 Å². The molecule has 84 valence electrons. The summed E-state index contributed by atoms with van der Waals surface area (Å²) >= 11 is 5.58. The van der Waals surface area contributed by atoms with Gasteiger partial charge in [0.1, 0.15) is 0 Å². The van der Waals surface area contributed by atoms with Gasteiger partial charge in [-0.05, 0) is 17.7 Å². The van der Waals surface area contributed by atoms with E-state index in [-0.39, 0.29) is 17.4 Å². The van der Waals surface area contributed by atoms with Crippen LogP contribution >= 0.6 is 19.4 Å². The van der Waals surface area contributed by atoms with Crippen molar-refractivity contribution in [3.63, 3.8) is 0 Å². The molecule has 0 unspecified atom stereocenters. The van der Waals surface area contributed by atoms with E-state index in [1.165, 1.54) is 19.2 Å². The number of phosphoric ester groups is 1. The Morgan fingerprint density at radius 2 is 2.07 bits per heavy atom. The second kappa shape index (κ2) is 4.86. The molecule has 0 saturated heterocycles. The highest BCUT2D eigenvalue weighted by Crippen LogP contribution is 2.42. The molecule has 7 heteroatoms. The van der Waals surface area contributed by atoms with Crippen molar-refractivity contribution in [1.29, 1.82) is 0 Å². The standard InChI is InChI=1S/C8H10ClO5P/c1-13-7-3-2-6(5-9)4-8(7)14-15(10,11)12/h2-4H,5H2,1H3,(H2,10,11,12). The van der Waals surface area contributed by atoms with Crippen LogP contribution in [0.4, 0.5) is 0 Å². The number of methoxy groups -OCH3 is 1. The summed E-state index contributed by atoms with van der Waals surface area (Å²) in [6, 6.07) is 4.63. The maximum atomic E-state index is 10.7. The summed E-state index contributed by atoms with van der Waals surface area (Å²) in [6.07, 6.45) is 0. The number of hydrogen-bond donors (Lipinski definition) is 2. The van der Waals surface area contributed by atoms with Crippen molar-refractivity contribution in [3.8, 4) is 11.5 Å². The third-order valence-electron chi connectivity index (χ3n) is 1.60. The molecule has 0 aliphatic carbocycles. The van der Waals surface area contributed by atoms with E-state index in [2.05, 4.69) is 4.52 Å². The highest BCUT2D eigenvalue weighted by atomic mass is 35.5. The average Bonchev–Trinajstić information content (AvgIpc) is 2.15.